The number of terminal acetylenes is 1. The summed E-state index contributed by atoms with van der Waals surface area (Å²) in [5.74, 6) is 3.89. The van der Waals surface area contributed by atoms with Crippen molar-refractivity contribution in [3.63, 3.8) is 0 Å². The van der Waals surface area contributed by atoms with E-state index in [0.717, 1.165) is 30.8 Å². The smallest absolute Gasteiger partial charge is 0.162 e. The third-order valence-electron chi connectivity index (χ3n) is 3.52. The quantitative estimate of drug-likeness (QED) is 0.751. The van der Waals surface area contributed by atoms with Gasteiger partial charge in [0.25, 0.3) is 0 Å². The molecular formula is C19H23NO2. The number of ether oxygens (including phenoxy) is 2. The number of likely N-dealkylation sites (N-methyl/N-ethyl adjacent to an activating group) is 1. The highest BCUT2D eigenvalue weighted by atomic mass is 16.5. The first-order chi connectivity index (χ1) is 10.7. The van der Waals surface area contributed by atoms with Gasteiger partial charge in [-0.15, -0.1) is 6.42 Å². The van der Waals surface area contributed by atoms with Crippen molar-refractivity contribution in [2.24, 2.45) is 0 Å². The molecule has 22 heavy (non-hydrogen) atoms. The summed E-state index contributed by atoms with van der Waals surface area (Å²) in [4.78, 5) is 2.31. The molecule has 2 rings (SSSR count). The van der Waals surface area contributed by atoms with Gasteiger partial charge in [0.05, 0.1) is 6.61 Å². The largest absolute Gasteiger partial charge is 0.490 e. The van der Waals surface area contributed by atoms with E-state index < -0.39 is 0 Å². The second kappa shape index (κ2) is 8.31. The molecule has 0 amide bonds. The Morgan fingerprint density at radius 1 is 1.27 bits per heavy atom. The fraction of sp³-hybridized carbons (Fsp3) is 0.368. The van der Waals surface area contributed by atoms with Crippen LogP contribution < -0.4 is 9.47 Å². The first-order valence-corrected chi connectivity index (χ1v) is 7.61. The van der Waals surface area contributed by atoms with Crippen molar-refractivity contribution in [1.29, 1.82) is 0 Å². The third-order valence-corrected chi connectivity index (χ3v) is 3.52. The van der Waals surface area contributed by atoms with Crippen LogP contribution in [0.25, 0.3) is 6.08 Å². The number of nitrogens with zero attached hydrogens (tertiary/aromatic N) is 1. The van der Waals surface area contributed by atoms with Crippen LogP contribution in [0.3, 0.4) is 0 Å². The van der Waals surface area contributed by atoms with Crippen molar-refractivity contribution in [1.82, 2.24) is 4.90 Å². The zero-order valence-corrected chi connectivity index (χ0v) is 13.3. The highest BCUT2D eigenvalue weighted by molar-refractivity contribution is 5.58. The van der Waals surface area contributed by atoms with Crippen LogP contribution in [0.4, 0.5) is 0 Å². The SMILES string of the molecule is C#CCOc1ccc(/C=C/C2=CCN(C)CC2)cc1OCC. The van der Waals surface area contributed by atoms with Crippen LogP contribution in [0.2, 0.25) is 0 Å². The molecule has 0 unspecified atom stereocenters. The van der Waals surface area contributed by atoms with Gasteiger partial charge < -0.3 is 14.4 Å². The van der Waals surface area contributed by atoms with Crippen molar-refractivity contribution in [3.8, 4) is 23.8 Å². The predicted octanol–water partition coefficient (Wildman–Crippen LogP) is 3.37. The summed E-state index contributed by atoms with van der Waals surface area (Å²) in [7, 11) is 2.14. The number of benzene rings is 1. The van der Waals surface area contributed by atoms with Crippen molar-refractivity contribution in [2.45, 2.75) is 13.3 Å². The predicted molar refractivity (Wildman–Crippen MR) is 91.2 cm³/mol. The minimum atomic E-state index is 0.246. The van der Waals surface area contributed by atoms with E-state index in [1.807, 2.05) is 25.1 Å². The van der Waals surface area contributed by atoms with Gasteiger partial charge in [-0.2, -0.15) is 0 Å². The maximum Gasteiger partial charge on any atom is 0.162 e. The first kappa shape index (κ1) is 16.2. The Bertz CT molecular complexity index is 596. The molecule has 3 nitrogen and oxygen atoms in total. The number of hydrogen-bond donors (Lipinski definition) is 0. The Kier molecular flexibility index (Phi) is 6.12. The molecular weight excluding hydrogens is 274 g/mol. The molecule has 0 fully saturated rings. The molecule has 116 valence electrons. The summed E-state index contributed by atoms with van der Waals surface area (Å²) in [6.07, 6.45) is 12.9. The van der Waals surface area contributed by atoms with Crippen molar-refractivity contribution in [3.05, 3.63) is 41.5 Å². The Balaban J connectivity index is 2.11. The average Bonchev–Trinajstić information content (AvgIpc) is 2.54. The molecule has 0 spiro atoms. The van der Waals surface area contributed by atoms with E-state index in [0.29, 0.717) is 12.4 Å². The van der Waals surface area contributed by atoms with Crippen molar-refractivity contribution in [2.75, 3.05) is 33.4 Å². The van der Waals surface area contributed by atoms with Gasteiger partial charge in [-0.1, -0.05) is 30.2 Å². The molecule has 1 aromatic rings. The van der Waals surface area contributed by atoms with Gasteiger partial charge in [0.15, 0.2) is 11.5 Å². The Morgan fingerprint density at radius 2 is 2.14 bits per heavy atom. The summed E-state index contributed by atoms with van der Waals surface area (Å²) in [6, 6.07) is 5.91. The van der Waals surface area contributed by atoms with Gasteiger partial charge in [-0.05, 0) is 43.7 Å². The van der Waals surface area contributed by atoms with Crippen LogP contribution in [0.15, 0.2) is 35.9 Å². The monoisotopic (exact) mass is 297 g/mol. The molecule has 0 saturated carbocycles. The second-order valence-corrected chi connectivity index (χ2v) is 5.26. The Labute approximate surface area is 133 Å². The van der Waals surface area contributed by atoms with Crippen LogP contribution in [-0.4, -0.2) is 38.3 Å². The lowest BCUT2D eigenvalue weighted by Gasteiger charge is -2.20. The topological polar surface area (TPSA) is 21.7 Å². The number of hydrogen-bond acceptors (Lipinski definition) is 3. The average molecular weight is 297 g/mol. The lowest BCUT2D eigenvalue weighted by molar-refractivity contribution is 0.299. The van der Waals surface area contributed by atoms with E-state index in [2.05, 4.69) is 36.1 Å². The van der Waals surface area contributed by atoms with Crippen LogP contribution in [-0.2, 0) is 0 Å². The highest BCUT2D eigenvalue weighted by Gasteiger charge is 2.07. The summed E-state index contributed by atoms with van der Waals surface area (Å²) in [5.41, 5.74) is 2.47. The lowest BCUT2D eigenvalue weighted by atomic mass is 10.1. The van der Waals surface area contributed by atoms with Gasteiger partial charge in [0.1, 0.15) is 6.61 Å². The molecule has 0 atom stereocenters. The Morgan fingerprint density at radius 3 is 2.82 bits per heavy atom. The molecule has 1 aliphatic rings. The standard InChI is InChI=1S/C19H23NO2/c1-4-14-22-18-9-8-17(15-19(18)21-5-2)7-6-16-10-12-20(3)13-11-16/h1,6-10,15H,5,11-14H2,2-3H3/b7-6+. The molecule has 0 radical (unpaired) electrons. The molecule has 3 heteroatoms. The minimum absolute atomic E-state index is 0.246. The maximum absolute atomic E-state index is 5.63. The van der Waals surface area contributed by atoms with E-state index in [9.17, 15) is 0 Å². The Hall–Kier alpha value is -2.18. The molecule has 0 N–H and O–H groups in total. The fourth-order valence-corrected chi connectivity index (χ4v) is 2.28. The summed E-state index contributed by atoms with van der Waals surface area (Å²) >= 11 is 0. The number of rotatable bonds is 6. The molecule has 1 heterocycles. The van der Waals surface area contributed by atoms with Crippen molar-refractivity contribution < 1.29 is 9.47 Å². The van der Waals surface area contributed by atoms with Gasteiger partial charge >= 0.3 is 0 Å². The maximum atomic E-state index is 5.63. The summed E-state index contributed by atoms with van der Waals surface area (Å²) in [6.45, 7) is 4.92. The van der Waals surface area contributed by atoms with Gasteiger partial charge in [-0.3, -0.25) is 0 Å². The zero-order chi connectivity index (χ0) is 15.8. The third kappa shape index (κ3) is 4.68. The minimum Gasteiger partial charge on any atom is -0.490 e. The molecule has 1 aromatic carbocycles. The summed E-state index contributed by atoms with van der Waals surface area (Å²) < 4.78 is 11.1. The van der Waals surface area contributed by atoms with Gasteiger partial charge in [0, 0.05) is 13.1 Å². The van der Waals surface area contributed by atoms with E-state index in [4.69, 9.17) is 15.9 Å². The van der Waals surface area contributed by atoms with Crippen LogP contribution in [0.1, 0.15) is 18.9 Å². The first-order valence-electron chi connectivity index (χ1n) is 7.61. The van der Waals surface area contributed by atoms with E-state index in [1.165, 1.54) is 5.57 Å². The lowest BCUT2D eigenvalue weighted by Crippen LogP contribution is -2.23. The van der Waals surface area contributed by atoms with Crippen molar-refractivity contribution >= 4 is 6.08 Å². The van der Waals surface area contributed by atoms with E-state index in [-0.39, 0.29) is 6.61 Å². The molecule has 1 aliphatic heterocycles. The van der Waals surface area contributed by atoms with Crippen LogP contribution in [0.5, 0.6) is 11.5 Å². The molecule has 0 bridgehead atoms. The second-order valence-electron chi connectivity index (χ2n) is 5.26. The normalized spacial score (nSPS) is 15.4. The molecule has 0 saturated heterocycles. The van der Waals surface area contributed by atoms with E-state index in [1.54, 1.807) is 0 Å². The highest BCUT2D eigenvalue weighted by Crippen LogP contribution is 2.29. The fourth-order valence-electron chi connectivity index (χ4n) is 2.28. The molecule has 0 aliphatic carbocycles. The van der Waals surface area contributed by atoms with Gasteiger partial charge in [0.2, 0.25) is 0 Å². The molecule has 0 aromatic heterocycles. The zero-order valence-electron chi connectivity index (χ0n) is 13.3. The summed E-state index contributed by atoms with van der Waals surface area (Å²) in [5, 5.41) is 0. The van der Waals surface area contributed by atoms with E-state index >= 15 is 0 Å². The van der Waals surface area contributed by atoms with Crippen LogP contribution >= 0.6 is 0 Å². The van der Waals surface area contributed by atoms with Gasteiger partial charge in [-0.25, -0.2) is 0 Å². The van der Waals surface area contributed by atoms with Crippen LogP contribution in [0, 0.1) is 12.3 Å². The number of allylic oxidation sites excluding steroid dienone is 1.